The summed E-state index contributed by atoms with van der Waals surface area (Å²) in [5, 5.41) is 14.7. The summed E-state index contributed by atoms with van der Waals surface area (Å²) in [7, 11) is 1.76. The van der Waals surface area contributed by atoms with Gasteiger partial charge in [0.25, 0.3) is 5.91 Å². The van der Waals surface area contributed by atoms with Crippen LogP contribution in [-0.2, 0) is 32.3 Å². The van der Waals surface area contributed by atoms with Gasteiger partial charge in [-0.3, -0.25) is 23.6 Å². The van der Waals surface area contributed by atoms with Gasteiger partial charge >= 0.3 is 6.18 Å². The first-order valence-corrected chi connectivity index (χ1v) is 17.3. The van der Waals surface area contributed by atoms with Crippen molar-refractivity contribution in [3.63, 3.8) is 0 Å². The van der Waals surface area contributed by atoms with E-state index in [-0.39, 0.29) is 42.3 Å². The molecule has 2 aromatic carbocycles. The van der Waals surface area contributed by atoms with Gasteiger partial charge in [-0.15, -0.1) is 0 Å². The number of aromatic nitrogens is 3. The number of benzene rings is 2. The predicted molar refractivity (Wildman–Crippen MR) is 190 cm³/mol. The molecule has 0 aliphatic heterocycles. The zero-order valence-corrected chi connectivity index (χ0v) is 30.0. The maximum Gasteiger partial charge on any atom is 0.416 e. The third kappa shape index (κ3) is 11.3. The van der Waals surface area contributed by atoms with Crippen LogP contribution in [0.5, 0.6) is 0 Å². The number of carbonyl (C=O) groups is 3. The lowest BCUT2D eigenvalue weighted by molar-refractivity contribution is -0.137. The van der Waals surface area contributed by atoms with Crippen molar-refractivity contribution < 1.29 is 37.0 Å². The number of hydrogen-bond donors (Lipinski definition) is 3. The van der Waals surface area contributed by atoms with Crippen molar-refractivity contribution in [2.45, 2.75) is 72.0 Å². The molecular formula is C37H49F3N6O5. The summed E-state index contributed by atoms with van der Waals surface area (Å²) in [6.45, 7) is 10.3. The number of halogens is 3. The number of hydrogen-bond acceptors (Lipinski definition) is 6. The van der Waals surface area contributed by atoms with Gasteiger partial charge in [0.2, 0.25) is 11.8 Å². The normalized spacial score (nSPS) is 12.7. The molecule has 0 saturated carbocycles. The van der Waals surface area contributed by atoms with Crippen LogP contribution < -0.4 is 16.0 Å². The number of fused-ring (bicyclic) bond motifs is 3. The Hall–Kier alpha value is -4.43. The Morgan fingerprint density at radius 2 is 1.45 bits per heavy atom. The van der Waals surface area contributed by atoms with E-state index in [1.54, 1.807) is 34.5 Å². The number of amides is 3. The fraction of sp³-hybridized carbons (Fsp3) is 0.514. The topological polar surface area (TPSA) is 129 Å². The maximum absolute atomic E-state index is 13.1. The van der Waals surface area contributed by atoms with E-state index >= 15 is 0 Å². The molecule has 11 nitrogen and oxygen atoms in total. The van der Waals surface area contributed by atoms with Crippen molar-refractivity contribution in [2.24, 2.45) is 12.5 Å². The minimum absolute atomic E-state index is 0.0166. The molecule has 1 unspecified atom stereocenters. The van der Waals surface area contributed by atoms with Gasteiger partial charge < -0.3 is 25.4 Å². The summed E-state index contributed by atoms with van der Waals surface area (Å²) >= 11 is 0. The maximum atomic E-state index is 13.1. The van der Waals surface area contributed by atoms with Crippen LogP contribution in [0, 0.1) is 5.41 Å². The number of carbonyl (C=O) groups excluding carboxylic acids is 3. The molecule has 0 bridgehead atoms. The SMILES string of the molecule is CC(NC(=O)CCCCCC(=O)NCCOCCOCCNC(=O)c1ccc2c(c1)c1cn(C)nc1n2-c1ccc(C(F)(F)F)cc1)C(C)(C)C. The van der Waals surface area contributed by atoms with Gasteiger partial charge in [0.15, 0.2) is 5.65 Å². The van der Waals surface area contributed by atoms with E-state index in [9.17, 15) is 27.6 Å². The predicted octanol–water partition coefficient (Wildman–Crippen LogP) is 5.92. The van der Waals surface area contributed by atoms with Crippen molar-refractivity contribution in [1.82, 2.24) is 30.3 Å². The molecule has 1 atom stereocenters. The van der Waals surface area contributed by atoms with Crippen LogP contribution in [0.1, 0.15) is 75.7 Å². The first kappa shape index (κ1) is 39.4. The number of unbranched alkanes of at least 4 members (excludes halogenated alkanes) is 2. The lowest BCUT2D eigenvalue weighted by Gasteiger charge is -2.28. The minimum atomic E-state index is -4.44. The lowest BCUT2D eigenvalue weighted by Crippen LogP contribution is -2.41. The minimum Gasteiger partial charge on any atom is -0.377 e. The zero-order valence-electron chi connectivity index (χ0n) is 30.0. The van der Waals surface area contributed by atoms with E-state index in [1.807, 2.05) is 13.1 Å². The Balaban J connectivity index is 1.10. The van der Waals surface area contributed by atoms with Gasteiger partial charge in [-0.25, -0.2) is 0 Å². The number of nitrogens with zero attached hydrogens (tertiary/aromatic N) is 3. The molecule has 4 aromatic rings. The molecule has 2 aromatic heterocycles. The summed E-state index contributed by atoms with van der Waals surface area (Å²) in [5.74, 6) is -0.287. The quantitative estimate of drug-likeness (QED) is 0.110. The standard InChI is InChI=1S/C37H49F3N6O5/c1-25(36(2,3)4)43-33(48)10-8-6-7-9-32(47)41-17-19-50-21-22-51-20-18-42-35(49)26-11-16-31-29(23-26)30-24-45(5)44-34(30)46(31)28-14-12-27(13-15-28)37(38,39)40/h11-16,23-25H,6-10,17-22H2,1-5H3,(H,41,47)(H,42,49)(H,43,48). The average Bonchev–Trinajstić information content (AvgIpc) is 3.58. The second-order valence-corrected chi connectivity index (χ2v) is 13.7. The molecule has 0 aliphatic rings. The second kappa shape index (κ2) is 17.7. The van der Waals surface area contributed by atoms with E-state index in [0.717, 1.165) is 42.2 Å². The molecular weight excluding hydrogens is 665 g/mol. The van der Waals surface area contributed by atoms with Crippen LogP contribution in [0.3, 0.4) is 0 Å². The first-order chi connectivity index (χ1) is 24.1. The molecule has 51 heavy (non-hydrogen) atoms. The highest BCUT2D eigenvalue weighted by Crippen LogP contribution is 2.34. The smallest absolute Gasteiger partial charge is 0.377 e. The van der Waals surface area contributed by atoms with Crippen LogP contribution in [-0.4, -0.2) is 77.6 Å². The highest BCUT2D eigenvalue weighted by Gasteiger charge is 2.30. The molecule has 0 spiro atoms. The summed E-state index contributed by atoms with van der Waals surface area (Å²) in [4.78, 5) is 37.0. The zero-order chi connectivity index (χ0) is 37.2. The van der Waals surface area contributed by atoms with Crippen LogP contribution in [0.2, 0.25) is 0 Å². The van der Waals surface area contributed by atoms with Crippen molar-refractivity contribution in [3.8, 4) is 5.69 Å². The third-order valence-electron chi connectivity index (χ3n) is 8.72. The number of aryl methyl sites for hydroxylation is 1. The van der Waals surface area contributed by atoms with E-state index < -0.39 is 11.7 Å². The van der Waals surface area contributed by atoms with Gasteiger partial charge in [-0.2, -0.15) is 18.3 Å². The molecule has 0 aliphatic carbocycles. The molecule has 278 valence electrons. The Labute approximate surface area is 296 Å². The first-order valence-electron chi connectivity index (χ1n) is 17.3. The summed E-state index contributed by atoms with van der Waals surface area (Å²) in [6.07, 6.45) is 0.532. The molecule has 3 amide bonds. The van der Waals surface area contributed by atoms with Crippen LogP contribution in [0.25, 0.3) is 27.6 Å². The summed E-state index contributed by atoms with van der Waals surface area (Å²) in [5.41, 5.74) is 1.52. The largest absolute Gasteiger partial charge is 0.416 e. The number of rotatable bonds is 18. The van der Waals surface area contributed by atoms with Gasteiger partial charge in [0, 0.05) is 67.2 Å². The fourth-order valence-electron chi connectivity index (χ4n) is 5.38. The van der Waals surface area contributed by atoms with Crippen molar-refractivity contribution in [1.29, 1.82) is 0 Å². The Kier molecular flexibility index (Phi) is 13.6. The van der Waals surface area contributed by atoms with Crippen molar-refractivity contribution in [3.05, 3.63) is 59.8 Å². The molecule has 14 heteroatoms. The Morgan fingerprint density at radius 1 is 0.824 bits per heavy atom. The monoisotopic (exact) mass is 714 g/mol. The molecule has 4 rings (SSSR count). The van der Waals surface area contributed by atoms with Crippen LogP contribution in [0.4, 0.5) is 13.2 Å². The highest BCUT2D eigenvalue weighted by atomic mass is 19.4. The van der Waals surface area contributed by atoms with Gasteiger partial charge in [-0.05, 0) is 67.6 Å². The van der Waals surface area contributed by atoms with E-state index in [1.165, 1.54) is 12.1 Å². The average molecular weight is 715 g/mol. The molecule has 0 fully saturated rings. The number of alkyl halides is 3. The fourth-order valence-corrected chi connectivity index (χ4v) is 5.38. The lowest BCUT2D eigenvalue weighted by atomic mass is 9.88. The summed E-state index contributed by atoms with van der Waals surface area (Å²) in [6, 6.07) is 10.2. The van der Waals surface area contributed by atoms with Gasteiger partial charge in [0.05, 0.1) is 37.5 Å². The molecule has 0 radical (unpaired) electrons. The molecule has 3 N–H and O–H groups in total. The van der Waals surface area contributed by atoms with Gasteiger partial charge in [0.1, 0.15) is 0 Å². The molecule has 0 saturated heterocycles. The number of ether oxygens (including phenoxy) is 2. The summed E-state index contributed by atoms with van der Waals surface area (Å²) < 4.78 is 53.8. The van der Waals surface area contributed by atoms with Crippen molar-refractivity contribution >= 4 is 39.7 Å². The van der Waals surface area contributed by atoms with Crippen LogP contribution in [0.15, 0.2) is 48.7 Å². The van der Waals surface area contributed by atoms with E-state index in [4.69, 9.17) is 9.47 Å². The van der Waals surface area contributed by atoms with E-state index in [2.05, 4.69) is 41.8 Å². The highest BCUT2D eigenvalue weighted by molar-refractivity contribution is 6.10. The Morgan fingerprint density at radius 3 is 2.08 bits per heavy atom. The van der Waals surface area contributed by atoms with Crippen LogP contribution >= 0.6 is 0 Å². The van der Waals surface area contributed by atoms with E-state index in [0.29, 0.717) is 61.6 Å². The third-order valence-corrected chi connectivity index (χ3v) is 8.72. The Bertz CT molecular complexity index is 1780. The number of nitrogens with one attached hydrogen (secondary N) is 3. The van der Waals surface area contributed by atoms with Gasteiger partial charge in [-0.1, -0.05) is 27.2 Å². The van der Waals surface area contributed by atoms with Crippen molar-refractivity contribution in [2.75, 3.05) is 39.5 Å². The molecule has 2 heterocycles. The second-order valence-electron chi connectivity index (χ2n) is 13.7.